The molecule has 3 aromatic rings. The van der Waals surface area contributed by atoms with Crippen LogP contribution in [0.15, 0.2) is 60.7 Å². The number of rotatable bonds is 1. The first-order valence-corrected chi connectivity index (χ1v) is 7.35. The Hall–Kier alpha value is -2.48. The van der Waals surface area contributed by atoms with E-state index in [1.165, 1.54) is 22.0 Å². The van der Waals surface area contributed by atoms with Crippen molar-refractivity contribution in [3.8, 4) is 5.75 Å². The van der Waals surface area contributed by atoms with E-state index in [9.17, 15) is 5.11 Å². The largest absolute Gasteiger partial charge is 0.508 e. The quantitative estimate of drug-likeness (QED) is 0.668. The monoisotopic (exact) mass is 275 g/mol. The molecule has 1 atom stereocenters. The lowest BCUT2D eigenvalue weighted by molar-refractivity contribution is 0.476. The second kappa shape index (κ2) is 4.52. The number of phenols is 1. The Morgan fingerprint density at radius 1 is 1.05 bits per heavy atom. The fraction of sp³-hybridized carbons (Fsp3) is 0.158. The highest BCUT2D eigenvalue weighted by Crippen LogP contribution is 2.35. The molecule has 2 aromatic carbocycles. The van der Waals surface area contributed by atoms with Crippen molar-refractivity contribution in [2.45, 2.75) is 13.3 Å². The van der Waals surface area contributed by atoms with Gasteiger partial charge in [-0.15, -0.1) is 0 Å². The smallest absolute Gasteiger partial charge is 0.117 e. The normalized spacial score (nSPS) is 18.3. The number of aromatic nitrogens is 1. The summed E-state index contributed by atoms with van der Waals surface area (Å²) in [5.74, 6) is 0.899. The molecule has 1 aliphatic rings. The average Bonchev–Trinajstić information content (AvgIpc) is 2.82. The molecule has 4 rings (SSSR count). The fourth-order valence-electron chi connectivity index (χ4n) is 3.12. The van der Waals surface area contributed by atoms with Gasteiger partial charge in [-0.1, -0.05) is 37.3 Å². The molecule has 1 unspecified atom stereocenters. The van der Waals surface area contributed by atoms with Crippen LogP contribution in [0.4, 0.5) is 0 Å². The van der Waals surface area contributed by atoms with Crippen LogP contribution in [0, 0.1) is 5.92 Å². The van der Waals surface area contributed by atoms with Gasteiger partial charge >= 0.3 is 0 Å². The van der Waals surface area contributed by atoms with Crippen molar-refractivity contribution in [2.24, 2.45) is 5.92 Å². The van der Waals surface area contributed by atoms with Gasteiger partial charge in [0.05, 0.1) is 11.0 Å². The van der Waals surface area contributed by atoms with Crippen molar-refractivity contribution in [3.05, 3.63) is 60.7 Å². The lowest BCUT2D eigenvalue weighted by Gasteiger charge is -2.15. The van der Waals surface area contributed by atoms with Gasteiger partial charge in [0.25, 0.3) is 0 Å². The summed E-state index contributed by atoms with van der Waals surface area (Å²) >= 11 is 0. The number of phenolic OH excluding ortho intramolecular Hbond substituents is 1. The van der Waals surface area contributed by atoms with Crippen LogP contribution >= 0.6 is 0 Å². The molecule has 2 heteroatoms. The van der Waals surface area contributed by atoms with Crippen LogP contribution < -0.4 is 0 Å². The number of nitrogens with zero attached hydrogens (tertiary/aromatic N) is 1. The minimum Gasteiger partial charge on any atom is -0.508 e. The zero-order chi connectivity index (χ0) is 14.4. The molecule has 0 aliphatic heterocycles. The van der Waals surface area contributed by atoms with Gasteiger partial charge in [0.2, 0.25) is 0 Å². The highest BCUT2D eigenvalue weighted by atomic mass is 16.3. The van der Waals surface area contributed by atoms with Crippen LogP contribution in [0.3, 0.4) is 0 Å². The van der Waals surface area contributed by atoms with Gasteiger partial charge in [-0.2, -0.15) is 0 Å². The predicted molar refractivity (Wildman–Crippen MR) is 88.3 cm³/mol. The first-order valence-electron chi connectivity index (χ1n) is 7.35. The van der Waals surface area contributed by atoms with E-state index in [0.29, 0.717) is 11.7 Å². The molecule has 2 nitrogen and oxygen atoms in total. The van der Waals surface area contributed by atoms with Crippen LogP contribution in [0.5, 0.6) is 5.75 Å². The minimum absolute atomic E-state index is 0.306. The molecular formula is C19H17NO. The second-order valence-electron chi connectivity index (χ2n) is 5.76. The van der Waals surface area contributed by atoms with E-state index in [2.05, 4.69) is 54.0 Å². The number of hydrogen-bond donors (Lipinski definition) is 1. The molecule has 0 spiro atoms. The molecule has 0 saturated carbocycles. The van der Waals surface area contributed by atoms with Gasteiger partial charge in [0.15, 0.2) is 0 Å². The first kappa shape index (κ1) is 12.3. The summed E-state index contributed by atoms with van der Waals surface area (Å²) in [6.45, 7) is 2.22. The molecule has 0 saturated heterocycles. The zero-order valence-electron chi connectivity index (χ0n) is 12.0. The van der Waals surface area contributed by atoms with Crippen molar-refractivity contribution in [2.75, 3.05) is 0 Å². The van der Waals surface area contributed by atoms with E-state index in [1.54, 1.807) is 6.07 Å². The Labute approximate surface area is 123 Å². The summed E-state index contributed by atoms with van der Waals surface area (Å²) in [6.07, 6.45) is 7.77. The van der Waals surface area contributed by atoms with Gasteiger partial charge in [-0.05, 0) is 36.6 Å². The Morgan fingerprint density at radius 2 is 1.86 bits per heavy atom. The summed E-state index contributed by atoms with van der Waals surface area (Å²) in [5, 5.41) is 12.3. The number of para-hydroxylation sites is 1. The van der Waals surface area contributed by atoms with Crippen molar-refractivity contribution in [1.29, 1.82) is 0 Å². The van der Waals surface area contributed by atoms with E-state index >= 15 is 0 Å². The van der Waals surface area contributed by atoms with Crippen molar-refractivity contribution >= 4 is 27.5 Å². The van der Waals surface area contributed by atoms with Crippen molar-refractivity contribution in [1.82, 2.24) is 4.57 Å². The third-order valence-electron chi connectivity index (χ3n) is 4.21. The Kier molecular flexibility index (Phi) is 2.64. The topological polar surface area (TPSA) is 25.2 Å². The molecular weight excluding hydrogens is 258 g/mol. The van der Waals surface area contributed by atoms with Gasteiger partial charge in [-0.25, -0.2) is 0 Å². The molecule has 0 amide bonds. The van der Waals surface area contributed by atoms with E-state index in [-0.39, 0.29) is 0 Å². The van der Waals surface area contributed by atoms with Gasteiger partial charge in [0.1, 0.15) is 5.75 Å². The molecule has 0 radical (unpaired) electrons. The van der Waals surface area contributed by atoms with Crippen LogP contribution in [0.25, 0.3) is 27.5 Å². The van der Waals surface area contributed by atoms with Gasteiger partial charge in [0, 0.05) is 22.5 Å². The Bertz CT molecular complexity index is 898. The van der Waals surface area contributed by atoms with Crippen molar-refractivity contribution in [3.63, 3.8) is 0 Å². The Balaban J connectivity index is 2.10. The predicted octanol–water partition coefficient (Wildman–Crippen LogP) is 4.94. The lowest BCUT2D eigenvalue weighted by Crippen LogP contribution is -2.00. The lowest BCUT2D eigenvalue weighted by atomic mass is 10.0. The third kappa shape index (κ3) is 1.87. The molecule has 1 aromatic heterocycles. The maximum Gasteiger partial charge on any atom is 0.117 e. The summed E-state index contributed by atoms with van der Waals surface area (Å²) in [5.41, 5.74) is 3.43. The van der Waals surface area contributed by atoms with Gasteiger partial charge in [-0.3, -0.25) is 0 Å². The molecule has 1 N–H and O–H groups in total. The van der Waals surface area contributed by atoms with Crippen LogP contribution in [0.1, 0.15) is 13.3 Å². The van der Waals surface area contributed by atoms with E-state index in [1.807, 2.05) is 12.1 Å². The minimum atomic E-state index is 0.306. The number of allylic oxidation sites excluding steroid dienone is 4. The molecule has 21 heavy (non-hydrogen) atoms. The summed E-state index contributed by atoms with van der Waals surface area (Å²) < 4.78 is 2.24. The highest BCUT2D eigenvalue weighted by molar-refractivity contribution is 6.10. The Morgan fingerprint density at radius 3 is 2.67 bits per heavy atom. The maximum atomic E-state index is 9.87. The summed E-state index contributed by atoms with van der Waals surface area (Å²) in [7, 11) is 0. The second-order valence-corrected chi connectivity index (χ2v) is 5.76. The molecule has 104 valence electrons. The summed E-state index contributed by atoms with van der Waals surface area (Å²) in [6, 6.07) is 14.0. The van der Waals surface area contributed by atoms with Crippen molar-refractivity contribution < 1.29 is 5.11 Å². The van der Waals surface area contributed by atoms with E-state index in [0.717, 1.165) is 11.9 Å². The summed E-state index contributed by atoms with van der Waals surface area (Å²) in [4.78, 5) is 0. The van der Waals surface area contributed by atoms with Gasteiger partial charge < -0.3 is 9.67 Å². The molecule has 0 bridgehead atoms. The maximum absolute atomic E-state index is 9.87. The standard InChI is InChI=1S/C19H17NO/c1-13-6-8-14(9-7-13)20-18-5-3-2-4-16(18)17-11-10-15(21)12-19(17)20/h2-6,8-13,21H,7H2,1H3. The number of benzene rings is 2. The third-order valence-corrected chi connectivity index (χ3v) is 4.21. The van der Waals surface area contributed by atoms with E-state index in [4.69, 9.17) is 0 Å². The molecule has 0 fully saturated rings. The number of aromatic hydroxyl groups is 1. The van der Waals surface area contributed by atoms with E-state index < -0.39 is 0 Å². The number of fused-ring (bicyclic) bond motifs is 3. The number of hydrogen-bond acceptors (Lipinski definition) is 1. The average molecular weight is 275 g/mol. The molecule has 1 heterocycles. The fourth-order valence-corrected chi connectivity index (χ4v) is 3.12. The van der Waals surface area contributed by atoms with Crippen LogP contribution in [-0.4, -0.2) is 9.67 Å². The molecule has 1 aliphatic carbocycles. The van der Waals surface area contributed by atoms with Crippen LogP contribution in [0.2, 0.25) is 0 Å². The SMILES string of the molecule is CC1C=CC(n2c3ccccc3c3ccc(O)cc32)=CC1. The first-order chi connectivity index (χ1) is 10.2. The zero-order valence-corrected chi connectivity index (χ0v) is 12.0. The highest BCUT2D eigenvalue weighted by Gasteiger charge is 2.14. The van der Waals surface area contributed by atoms with Crippen LogP contribution in [-0.2, 0) is 0 Å².